The maximum Gasteiger partial charge on any atom is -0.000711 e. The van der Waals surface area contributed by atoms with Gasteiger partial charge in [-0.3, -0.25) is 0 Å². The van der Waals surface area contributed by atoms with E-state index < -0.39 is 0 Å². The van der Waals surface area contributed by atoms with Gasteiger partial charge in [0, 0.05) is 0 Å². The third-order valence-electron chi connectivity index (χ3n) is 2.70. The zero-order chi connectivity index (χ0) is 11.2. The molecule has 80 valence electrons. The molecule has 0 saturated heterocycles. The molecular weight excluding hydrogens is 192 g/mol. The van der Waals surface area contributed by atoms with Crippen LogP contribution < -0.4 is 0 Å². The van der Waals surface area contributed by atoms with Gasteiger partial charge < -0.3 is 0 Å². The van der Waals surface area contributed by atoms with E-state index in [9.17, 15) is 0 Å². The van der Waals surface area contributed by atoms with Crippen LogP contribution in [0.3, 0.4) is 0 Å². The minimum absolute atomic E-state index is 0.460. The minimum Gasteiger partial charge on any atom is -0.0767 e. The highest BCUT2D eigenvalue weighted by molar-refractivity contribution is 5.50. The van der Waals surface area contributed by atoms with Crippen LogP contribution in [0.2, 0.25) is 0 Å². The Morgan fingerprint density at radius 1 is 0.812 bits per heavy atom. The summed E-state index contributed by atoms with van der Waals surface area (Å²) in [5.74, 6) is 0.460. The van der Waals surface area contributed by atoms with E-state index in [1.807, 2.05) is 6.07 Å². The quantitative estimate of drug-likeness (QED) is 0.696. The molecule has 0 heteroatoms. The molecule has 0 nitrogen and oxygen atoms in total. The van der Waals surface area contributed by atoms with Crippen molar-refractivity contribution < 1.29 is 0 Å². The lowest BCUT2D eigenvalue weighted by Crippen LogP contribution is -1.87. The maximum absolute atomic E-state index is 2.24. The standard InChI is InChI=1S/C16H16/c1-14(16-10-6-3-7-11-16)12-13-15-8-4-2-5-9-15/h2-14H,1H3/t14-/m0/s1. The summed E-state index contributed by atoms with van der Waals surface area (Å²) in [6, 6.07) is 21.0. The average Bonchev–Trinajstić information content (AvgIpc) is 2.38. The second-order valence-electron chi connectivity index (χ2n) is 3.97. The Bertz CT molecular complexity index is 440. The fourth-order valence-corrected chi connectivity index (χ4v) is 1.69. The molecule has 0 amide bonds. The first kappa shape index (κ1) is 10.7. The fraction of sp³-hybridized carbons (Fsp3) is 0.125. The van der Waals surface area contributed by atoms with Gasteiger partial charge in [0.25, 0.3) is 0 Å². The normalized spacial score (nSPS) is 12.8. The van der Waals surface area contributed by atoms with Gasteiger partial charge in [-0.25, -0.2) is 0 Å². The predicted molar refractivity (Wildman–Crippen MR) is 70.3 cm³/mol. The van der Waals surface area contributed by atoms with Crippen LogP contribution in [0.5, 0.6) is 0 Å². The van der Waals surface area contributed by atoms with Gasteiger partial charge in [-0.15, -0.1) is 0 Å². The molecule has 0 fully saturated rings. The van der Waals surface area contributed by atoms with Crippen molar-refractivity contribution in [3.8, 4) is 0 Å². The Labute approximate surface area is 97.3 Å². The first-order chi connectivity index (χ1) is 7.86. The van der Waals surface area contributed by atoms with E-state index in [0.29, 0.717) is 5.92 Å². The molecule has 0 saturated carbocycles. The summed E-state index contributed by atoms with van der Waals surface area (Å²) in [4.78, 5) is 0. The van der Waals surface area contributed by atoms with Crippen molar-refractivity contribution in [3.63, 3.8) is 0 Å². The van der Waals surface area contributed by atoms with Crippen molar-refractivity contribution in [2.24, 2.45) is 0 Å². The molecule has 0 aliphatic carbocycles. The van der Waals surface area contributed by atoms with E-state index in [0.717, 1.165) is 0 Å². The Hall–Kier alpha value is -1.82. The van der Waals surface area contributed by atoms with Crippen molar-refractivity contribution in [2.75, 3.05) is 0 Å². The van der Waals surface area contributed by atoms with Crippen LogP contribution in [-0.4, -0.2) is 0 Å². The molecule has 2 aromatic carbocycles. The molecule has 0 aromatic heterocycles. The highest BCUT2D eigenvalue weighted by atomic mass is 14.0. The van der Waals surface area contributed by atoms with Crippen LogP contribution in [0.4, 0.5) is 0 Å². The Morgan fingerprint density at radius 3 is 2.00 bits per heavy atom. The van der Waals surface area contributed by atoms with E-state index in [4.69, 9.17) is 0 Å². The van der Waals surface area contributed by atoms with Crippen LogP contribution in [0, 0.1) is 0 Å². The first-order valence-electron chi connectivity index (χ1n) is 5.64. The molecule has 2 aromatic rings. The topological polar surface area (TPSA) is 0 Å². The van der Waals surface area contributed by atoms with Gasteiger partial charge in [0.1, 0.15) is 0 Å². The molecule has 0 heterocycles. The molecular formula is C16H16. The smallest absolute Gasteiger partial charge is 0.000711 e. The highest BCUT2D eigenvalue weighted by Crippen LogP contribution is 2.17. The van der Waals surface area contributed by atoms with E-state index >= 15 is 0 Å². The summed E-state index contributed by atoms with van der Waals surface area (Å²) < 4.78 is 0. The number of hydrogen-bond acceptors (Lipinski definition) is 0. The molecule has 0 aliphatic heterocycles. The number of allylic oxidation sites excluding steroid dienone is 1. The Kier molecular flexibility index (Phi) is 3.55. The number of hydrogen-bond donors (Lipinski definition) is 0. The van der Waals surface area contributed by atoms with Gasteiger partial charge in [-0.1, -0.05) is 79.7 Å². The van der Waals surface area contributed by atoms with Crippen LogP contribution in [-0.2, 0) is 0 Å². The minimum atomic E-state index is 0.460. The lowest BCUT2D eigenvalue weighted by atomic mass is 10.00. The summed E-state index contributed by atoms with van der Waals surface area (Å²) in [5, 5.41) is 0. The van der Waals surface area contributed by atoms with Crippen LogP contribution in [0.15, 0.2) is 66.7 Å². The molecule has 0 bridgehead atoms. The van der Waals surface area contributed by atoms with Crippen LogP contribution in [0.1, 0.15) is 24.0 Å². The molecule has 0 N–H and O–H groups in total. The zero-order valence-electron chi connectivity index (χ0n) is 9.51. The van der Waals surface area contributed by atoms with E-state index in [-0.39, 0.29) is 0 Å². The lowest BCUT2D eigenvalue weighted by Gasteiger charge is -2.05. The highest BCUT2D eigenvalue weighted by Gasteiger charge is 1.98. The monoisotopic (exact) mass is 208 g/mol. The fourth-order valence-electron chi connectivity index (χ4n) is 1.69. The molecule has 16 heavy (non-hydrogen) atoms. The zero-order valence-corrected chi connectivity index (χ0v) is 9.51. The third kappa shape index (κ3) is 2.83. The molecule has 0 aliphatic rings. The largest absolute Gasteiger partial charge is 0.0767 e. The van der Waals surface area contributed by atoms with Crippen LogP contribution >= 0.6 is 0 Å². The molecule has 0 spiro atoms. The van der Waals surface area contributed by atoms with Crippen molar-refractivity contribution in [1.82, 2.24) is 0 Å². The van der Waals surface area contributed by atoms with Gasteiger partial charge in [0.2, 0.25) is 0 Å². The van der Waals surface area contributed by atoms with Gasteiger partial charge in [-0.2, -0.15) is 0 Å². The molecule has 0 radical (unpaired) electrons. The number of benzene rings is 2. The third-order valence-corrected chi connectivity index (χ3v) is 2.70. The van der Waals surface area contributed by atoms with Gasteiger partial charge >= 0.3 is 0 Å². The lowest BCUT2D eigenvalue weighted by molar-refractivity contribution is 0.973. The summed E-state index contributed by atoms with van der Waals surface area (Å²) >= 11 is 0. The summed E-state index contributed by atoms with van der Waals surface area (Å²) in [7, 11) is 0. The van der Waals surface area contributed by atoms with Crippen molar-refractivity contribution in [3.05, 3.63) is 77.9 Å². The van der Waals surface area contributed by atoms with Crippen molar-refractivity contribution in [2.45, 2.75) is 12.8 Å². The molecule has 2 rings (SSSR count). The predicted octanol–water partition coefficient (Wildman–Crippen LogP) is 4.50. The average molecular weight is 208 g/mol. The van der Waals surface area contributed by atoms with E-state index in [1.54, 1.807) is 0 Å². The Balaban J connectivity index is 2.08. The second kappa shape index (κ2) is 5.32. The van der Waals surface area contributed by atoms with Crippen LogP contribution in [0.25, 0.3) is 6.08 Å². The van der Waals surface area contributed by atoms with Gasteiger partial charge in [-0.05, 0) is 17.0 Å². The number of rotatable bonds is 3. The van der Waals surface area contributed by atoms with Crippen molar-refractivity contribution >= 4 is 6.08 Å². The summed E-state index contributed by atoms with van der Waals surface area (Å²) in [5.41, 5.74) is 2.61. The molecule has 0 unspecified atom stereocenters. The van der Waals surface area contributed by atoms with E-state index in [1.165, 1.54) is 11.1 Å². The Morgan fingerprint density at radius 2 is 1.38 bits per heavy atom. The first-order valence-corrected chi connectivity index (χ1v) is 5.64. The SMILES string of the molecule is C[C@@H](C=Cc1ccccc1)c1ccccc1. The second-order valence-corrected chi connectivity index (χ2v) is 3.97. The summed E-state index contributed by atoms with van der Waals surface area (Å²) in [6.07, 6.45) is 4.42. The summed E-state index contributed by atoms with van der Waals surface area (Å²) in [6.45, 7) is 2.22. The maximum atomic E-state index is 2.24. The van der Waals surface area contributed by atoms with Gasteiger partial charge in [0.15, 0.2) is 0 Å². The van der Waals surface area contributed by atoms with E-state index in [2.05, 4.69) is 73.7 Å². The van der Waals surface area contributed by atoms with Crippen molar-refractivity contribution in [1.29, 1.82) is 0 Å². The van der Waals surface area contributed by atoms with Gasteiger partial charge in [0.05, 0.1) is 0 Å². The molecule has 1 atom stereocenters.